The molecule has 0 spiro atoms. The van der Waals surface area contributed by atoms with Crippen molar-refractivity contribution in [1.82, 2.24) is 10.2 Å². The molecule has 2 amide bonds. The van der Waals surface area contributed by atoms with Gasteiger partial charge >= 0.3 is 6.03 Å². The fraction of sp³-hybridized carbons (Fsp3) is 0.588. The van der Waals surface area contributed by atoms with E-state index in [9.17, 15) is 14.9 Å². The Morgan fingerprint density at radius 1 is 1.21 bits per heavy atom. The highest BCUT2D eigenvalue weighted by molar-refractivity contribution is 5.91. The summed E-state index contributed by atoms with van der Waals surface area (Å²) in [6, 6.07) is 5.74. The van der Waals surface area contributed by atoms with Crippen molar-refractivity contribution in [3.8, 4) is 0 Å². The topological polar surface area (TPSA) is 87.5 Å². The number of carbonyl (C=O) groups excluding carboxylic acids is 1. The van der Waals surface area contributed by atoms with Gasteiger partial charge in [0.25, 0.3) is 5.69 Å². The van der Waals surface area contributed by atoms with Crippen molar-refractivity contribution >= 4 is 17.4 Å². The van der Waals surface area contributed by atoms with Crippen molar-refractivity contribution < 1.29 is 9.72 Å². The number of hydrogen-bond donors (Lipinski definition) is 2. The maximum Gasteiger partial charge on any atom is 0.319 e. The van der Waals surface area contributed by atoms with Gasteiger partial charge in [0.05, 0.1) is 4.92 Å². The molecule has 0 aromatic heterocycles. The molecular formula is C17H26N4O3. The molecule has 2 rings (SSSR count). The van der Waals surface area contributed by atoms with Crippen molar-refractivity contribution in [2.45, 2.75) is 44.1 Å². The average Bonchev–Trinajstić information content (AvgIpc) is 2.80. The number of urea groups is 1. The van der Waals surface area contributed by atoms with Crippen LogP contribution in [0, 0.1) is 10.1 Å². The Morgan fingerprint density at radius 2 is 1.83 bits per heavy atom. The lowest BCUT2D eigenvalue weighted by Crippen LogP contribution is -2.53. The van der Waals surface area contributed by atoms with E-state index < -0.39 is 11.0 Å². The highest BCUT2D eigenvalue weighted by Gasteiger charge is 2.33. The van der Waals surface area contributed by atoms with E-state index in [0.717, 1.165) is 25.7 Å². The van der Waals surface area contributed by atoms with E-state index in [4.69, 9.17) is 0 Å². The number of anilines is 1. The number of hydrogen-bond acceptors (Lipinski definition) is 4. The standard InChI is InChI=1S/C17H26N4O3/c1-20(2)17(11-7-3-4-8-12-17)13-18-16(22)19-14-9-5-6-10-15(14)21(23)24/h5-6,9-10H,3-4,7-8,11-13H2,1-2H3,(H2,18,19,22). The molecule has 0 radical (unpaired) electrons. The third-order valence-corrected chi connectivity index (χ3v) is 4.91. The molecule has 132 valence electrons. The van der Waals surface area contributed by atoms with E-state index in [1.165, 1.54) is 25.0 Å². The third kappa shape index (κ3) is 4.44. The smallest absolute Gasteiger partial charge is 0.319 e. The molecule has 0 aliphatic heterocycles. The molecule has 0 unspecified atom stereocenters. The first-order chi connectivity index (χ1) is 11.4. The zero-order valence-electron chi connectivity index (χ0n) is 14.4. The minimum atomic E-state index is -0.498. The summed E-state index contributed by atoms with van der Waals surface area (Å²) in [7, 11) is 4.10. The lowest BCUT2D eigenvalue weighted by atomic mass is 9.89. The Hall–Kier alpha value is -2.15. The third-order valence-electron chi connectivity index (χ3n) is 4.91. The first-order valence-corrected chi connectivity index (χ1v) is 8.40. The molecule has 1 aliphatic rings. The minimum absolute atomic E-state index is 0.0452. The molecule has 1 aromatic rings. The number of nitrogens with zero attached hydrogens (tertiary/aromatic N) is 2. The largest absolute Gasteiger partial charge is 0.336 e. The fourth-order valence-corrected chi connectivity index (χ4v) is 3.32. The number of likely N-dealkylation sites (N-methyl/N-ethyl adjacent to an activating group) is 1. The van der Waals surface area contributed by atoms with Crippen molar-refractivity contribution in [3.63, 3.8) is 0 Å². The number of nitro benzene ring substituents is 1. The molecule has 1 aliphatic carbocycles. The summed E-state index contributed by atoms with van der Waals surface area (Å²) in [4.78, 5) is 24.9. The molecule has 1 aromatic carbocycles. The molecule has 1 saturated carbocycles. The molecule has 0 atom stereocenters. The highest BCUT2D eigenvalue weighted by atomic mass is 16.6. The van der Waals surface area contributed by atoms with Crippen LogP contribution in [-0.4, -0.2) is 42.0 Å². The average molecular weight is 334 g/mol. The normalized spacial score (nSPS) is 17.1. The van der Waals surface area contributed by atoms with Gasteiger partial charge in [0.1, 0.15) is 5.69 Å². The predicted molar refractivity (Wildman–Crippen MR) is 94.2 cm³/mol. The van der Waals surface area contributed by atoms with E-state index in [0.29, 0.717) is 6.54 Å². The number of nitro groups is 1. The maximum absolute atomic E-state index is 12.2. The second-order valence-corrected chi connectivity index (χ2v) is 6.61. The highest BCUT2D eigenvalue weighted by Crippen LogP contribution is 2.30. The van der Waals surface area contributed by atoms with Crippen LogP contribution < -0.4 is 10.6 Å². The fourth-order valence-electron chi connectivity index (χ4n) is 3.32. The summed E-state index contributed by atoms with van der Waals surface area (Å²) < 4.78 is 0. The van der Waals surface area contributed by atoms with Gasteiger partial charge in [-0.1, -0.05) is 37.8 Å². The van der Waals surface area contributed by atoms with E-state index in [1.807, 2.05) is 14.1 Å². The van der Waals surface area contributed by atoms with Gasteiger partial charge < -0.3 is 15.5 Å². The van der Waals surface area contributed by atoms with Crippen LogP contribution in [0.1, 0.15) is 38.5 Å². The number of benzene rings is 1. The lowest BCUT2D eigenvalue weighted by Gasteiger charge is -2.39. The summed E-state index contributed by atoms with van der Waals surface area (Å²) in [6.07, 6.45) is 6.88. The van der Waals surface area contributed by atoms with Gasteiger partial charge in [-0.25, -0.2) is 4.79 Å². The molecule has 1 fully saturated rings. The molecule has 0 heterocycles. The van der Waals surface area contributed by atoms with Crippen LogP contribution >= 0.6 is 0 Å². The second kappa shape index (κ2) is 8.10. The molecule has 0 saturated heterocycles. The minimum Gasteiger partial charge on any atom is -0.336 e. The molecule has 7 heteroatoms. The Balaban J connectivity index is 2.00. The number of rotatable bonds is 5. The SMILES string of the molecule is CN(C)C1(CNC(=O)Nc2ccccc2[N+](=O)[O-])CCCCCC1. The number of carbonyl (C=O) groups is 1. The van der Waals surface area contributed by atoms with Gasteiger partial charge in [0.2, 0.25) is 0 Å². The maximum atomic E-state index is 12.2. The van der Waals surface area contributed by atoms with Crippen molar-refractivity contribution in [1.29, 1.82) is 0 Å². The Bertz CT molecular complexity index is 581. The quantitative estimate of drug-likeness (QED) is 0.491. The van der Waals surface area contributed by atoms with Gasteiger partial charge in [0.15, 0.2) is 0 Å². The molecular weight excluding hydrogens is 308 g/mol. The van der Waals surface area contributed by atoms with Gasteiger partial charge in [-0.2, -0.15) is 0 Å². The Labute approximate surface area is 142 Å². The molecule has 7 nitrogen and oxygen atoms in total. The first kappa shape index (κ1) is 18.2. The monoisotopic (exact) mass is 334 g/mol. The number of amides is 2. The van der Waals surface area contributed by atoms with Crippen LogP contribution in [0.25, 0.3) is 0 Å². The Kier molecular flexibility index (Phi) is 6.14. The molecule has 2 N–H and O–H groups in total. The summed E-state index contributed by atoms with van der Waals surface area (Å²) >= 11 is 0. The van der Waals surface area contributed by atoms with Gasteiger partial charge in [0, 0.05) is 18.2 Å². The van der Waals surface area contributed by atoms with Crippen molar-refractivity contribution in [3.05, 3.63) is 34.4 Å². The van der Waals surface area contributed by atoms with E-state index in [2.05, 4.69) is 15.5 Å². The second-order valence-electron chi connectivity index (χ2n) is 6.61. The zero-order chi connectivity index (χ0) is 17.6. The van der Waals surface area contributed by atoms with Crippen LogP contribution in [-0.2, 0) is 0 Å². The van der Waals surface area contributed by atoms with Crippen LogP contribution in [0.4, 0.5) is 16.2 Å². The Morgan fingerprint density at radius 3 is 2.42 bits per heavy atom. The first-order valence-electron chi connectivity index (χ1n) is 8.40. The van der Waals surface area contributed by atoms with Gasteiger partial charge in [-0.15, -0.1) is 0 Å². The number of nitrogens with one attached hydrogen (secondary N) is 2. The zero-order valence-corrected chi connectivity index (χ0v) is 14.4. The van der Waals surface area contributed by atoms with Gasteiger partial charge in [-0.05, 0) is 33.0 Å². The van der Waals surface area contributed by atoms with Crippen LogP contribution in [0.3, 0.4) is 0 Å². The number of para-hydroxylation sites is 2. The van der Waals surface area contributed by atoms with Crippen LogP contribution in [0.2, 0.25) is 0 Å². The molecule has 0 bridgehead atoms. The summed E-state index contributed by atoms with van der Waals surface area (Å²) in [5, 5.41) is 16.5. The van der Waals surface area contributed by atoms with Crippen molar-refractivity contribution in [2.75, 3.05) is 26.0 Å². The van der Waals surface area contributed by atoms with E-state index in [1.54, 1.807) is 12.1 Å². The van der Waals surface area contributed by atoms with Crippen LogP contribution in [0.5, 0.6) is 0 Å². The van der Waals surface area contributed by atoms with Gasteiger partial charge in [-0.3, -0.25) is 10.1 Å². The summed E-state index contributed by atoms with van der Waals surface area (Å²) in [5.41, 5.74) is 0.0559. The molecule has 24 heavy (non-hydrogen) atoms. The van der Waals surface area contributed by atoms with Crippen LogP contribution in [0.15, 0.2) is 24.3 Å². The van der Waals surface area contributed by atoms with Crippen molar-refractivity contribution in [2.24, 2.45) is 0 Å². The lowest BCUT2D eigenvalue weighted by molar-refractivity contribution is -0.383. The van der Waals surface area contributed by atoms with E-state index >= 15 is 0 Å². The summed E-state index contributed by atoms with van der Waals surface area (Å²) in [6.45, 7) is 0.534. The van der Waals surface area contributed by atoms with E-state index in [-0.39, 0.29) is 16.9 Å². The summed E-state index contributed by atoms with van der Waals surface area (Å²) in [5.74, 6) is 0. The predicted octanol–water partition coefficient (Wildman–Crippen LogP) is 3.37.